The van der Waals surface area contributed by atoms with Gasteiger partial charge in [-0.15, -0.1) is 6.58 Å². The van der Waals surface area contributed by atoms with E-state index in [0.29, 0.717) is 47.3 Å². The highest BCUT2D eigenvalue weighted by molar-refractivity contribution is 5.87. The molecule has 67 heavy (non-hydrogen) atoms. The number of allylic oxidation sites excluding steroid dienone is 25. The predicted octanol–water partition coefficient (Wildman–Crippen LogP) is 18.5. The van der Waals surface area contributed by atoms with Crippen molar-refractivity contribution in [3.63, 3.8) is 0 Å². The molecule has 344 valence electrons. The first-order valence-electron chi connectivity index (χ1n) is 26.7. The minimum atomic E-state index is 0.160. The van der Waals surface area contributed by atoms with Crippen molar-refractivity contribution in [2.75, 3.05) is 0 Å². The maximum atomic E-state index is 4.34. The van der Waals surface area contributed by atoms with E-state index in [1.807, 2.05) is 0 Å². The van der Waals surface area contributed by atoms with Gasteiger partial charge in [0.2, 0.25) is 0 Å². The van der Waals surface area contributed by atoms with Crippen LogP contribution in [0.3, 0.4) is 0 Å². The number of rotatable bonds is 8. The van der Waals surface area contributed by atoms with E-state index in [1.54, 1.807) is 61.3 Å². The topological polar surface area (TPSA) is 0 Å². The lowest BCUT2D eigenvalue weighted by atomic mass is 9.57. The normalized spacial score (nSPS) is 30.2. The van der Waals surface area contributed by atoms with Crippen LogP contribution in [0.4, 0.5) is 0 Å². The second-order valence-corrected chi connectivity index (χ2v) is 23.2. The van der Waals surface area contributed by atoms with E-state index >= 15 is 0 Å². The predicted molar refractivity (Wildman–Crippen MR) is 288 cm³/mol. The van der Waals surface area contributed by atoms with Crippen molar-refractivity contribution in [2.24, 2.45) is 46.8 Å². The van der Waals surface area contributed by atoms with E-state index < -0.39 is 0 Å². The summed E-state index contributed by atoms with van der Waals surface area (Å²) >= 11 is 0. The van der Waals surface area contributed by atoms with E-state index in [0.717, 1.165) is 44.4 Å². The summed E-state index contributed by atoms with van der Waals surface area (Å²) in [6.07, 6.45) is 54.0. The smallest absolute Gasteiger partial charge is 0.00491 e. The van der Waals surface area contributed by atoms with Crippen LogP contribution >= 0.6 is 0 Å². The van der Waals surface area contributed by atoms with Crippen LogP contribution in [0.1, 0.15) is 158 Å². The molecule has 11 rings (SSSR count). The minimum Gasteiger partial charge on any atom is -0.103 e. The molecule has 0 radical (unpaired) electrons. The number of benzene rings is 2. The summed E-state index contributed by atoms with van der Waals surface area (Å²) in [4.78, 5) is 0. The second kappa shape index (κ2) is 18.2. The van der Waals surface area contributed by atoms with Crippen LogP contribution in [0, 0.1) is 53.8 Å². The average molecular weight is 881 g/mol. The lowest BCUT2D eigenvalue weighted by Crippen LogP contribution is -2.35. The summed E-state index contributed by atoms with van der Waals surface area (Å²) in [6.45, 7) is 18.7. The van der Waals surface area contributed by atoms with Crippen molar-refractivity contribution in [3.05, 3.63) is 201 Å². The van der Waals surface area contributed by atoms with E-state index in [9.17, 15) is 0 Å². The lowest BCUT2D eigenvalue weighted by Gasteiger charge is -2.47. The molecular weight excluding hydrogens is 805 g/mol. The Hall–Kier alpha value is -4.94. The van der Waals surface area contributed by atoms with Gasteiger partial charge in [-0.2, -0.15) is 0 Å². The second-order valence-electron chi connectivity index (χ2n) is 23.2. The van der Waals surface area contributed by atoms with E-state index in [4.69, 9.17) is 0 Å². The molecule has 0 aliphatic heterocycles. The number of fused-ring (bicyclic) bond motifs is 7. The molecule has 0 aromatic heterocycles. The van der Waals surface area contributed by atoms with Crippen molar-refractivity contribution >= 4 is 11.1 Å². The third-order valence-corrected chi connectivity index (χ3v) is 18.7. The monoisotopic (exact) mass is 881 g/mol. The Balaban J connectivity index is 1.08. The van der Waals surface area contributed by atoms with Gasteiger partial charge in [0.1, 0.15) is 0 Å². The van der Waals surface area contributed by atoms with E-state index in [1.165, 1.54) is 72.8 Å². The van der Waals surface area contributed by atoms with Crippen molar-refractivity contribution in [2.45, 2.75) is 137 Å². The van der Waals surface area contributed by atoms with Gasteiger partial charge in [-0.25, -0.2) is 0 Å². The molecule has 0 nitrogen and oxygen atoms in total. The largest absolute Gasteiger partial charge is 0.103 e. The Kier molecular flexibility index (Phi) is 12.1. The fraction of sp³-hybridized carbons (Fsp3) is 0.433. The SMILES string of the molecule is C=CCC(C(C)=CC)C1CC2=C(CC(C3C=CC=CC3)c3ccc(-c4cc5c(cc4C)C(C4C=CC=CC4)CC4=C5CC(C5CC=CCC5)C5=C4CCC=C5)cc32)C2=CC=C(C(C)(C)C)CC21. The lowest BCUT2D eigenvalue weighted by molar-refractivity contribution is 0.265. The highest BCUT2D eigenvalue weighted by atomic mass is 14.5. The summed E-state index contributed by atoms with van der Waals surface area (Å²) in [5, 5.41) is 0. The van der Waals surface area contributed by atoms with Crippen LogP contribution in [-0.2, 0) is 0 Å². The summed E-state index contributed by atoms with van der Waals surface area (Å²) in [5.41, 5.74) is 25.6. The van der Waals surface area contributed by atoms with Gasteiger partial charge in [0, 0.05) is 0 Å². The number of hydrogen-bond donors (Lipinski definition) is 0. The molecule has 9 aliphatic carbocycles. The Morgan fingerprint density at radius 1 is 0.687 bits per heavy atom. The van der Waals surface area contributed by atoms with Crippen molar-refractivity contribution in [1.82, 2.24) is 0 Å². The molecule has 9 atom stereocenters. The molecule has 0 N–H and O–H groups in total. The molecular formula is C67H76. The van der Waals surface area contributed by atoms with Gasteiger partial charge in [0.05, 0.1) is 0 Å². The van der Waals surface area contributed by atoms with E-state index in [2.05, 4.69) is 176 Å². The average Bonchev–Trinajstić information content (AvgIpc) is 3.36. The van der Waals surface area contributed by atoms with Crippen LogP contribution in [-0.4, -0.2) is 0 Å². The molecule has 0 heterocycles. The van der Waals surface area contributed by atoms with Gasteiger partial charge in [-0.1, -0.05) is 147 Å². The molecule has 9 aliphatic rings. The standard InChI is InChI=1S/C67H76/c1-8-21-49(42(3)9-2)61-41-66-59-35-47(30-32-52(59)56(45-24-15-11-16-25-45)38-63(66)53-33-31-48(36-60(53)61)67(5,6)7)54-37-64-58(34-43(54)4)57(46-26-17-12-18-27-46)40-62-51-29-20-19-28-50(51)55(39-65(62)64)44-22-13-10-14-23-44/h8-13,15-19,24,26,28,30-35,37,44-46,49,55-57,60-61H,1,14,20-23,25,27,29,36,38-41H2,2-7H3. The molecule has 2 aromatic carbocycles. The molecule has 0 spiro atoms. The Morgan fingerprint density at radius 2 is 1.42 bits per heavy atom. The van der Waals surface area contributed by atoms with Crippen LogP contribution in [0.5, 0.6) is 0 Å². The molecule has 0 fully saturated rings. The van der Waals surface area contributed by atoms with Crippen LogP contribution < -0.4 is 0 Å². The number of aryl methyl sites for hydroxylation is 1. The van der Waals surface area contributed by atoms with Gasteiger partial charge in [-0.3, -0.25) is 0 Å². The van der Waals surface area contributed by atoms with Gasteiger partial charge in [-0.05, 0) is 253 Å². The third kappa shape index (κ3) is 8.01. The quantitative estimate of drug-likeness (QED) is 0.232. The fourth-order valence-electron chi connectivity index (χ4n) is 14.9. The zero-order valence-electron chi connectivity index (χ0n) is 41.7. The first kappa shape index (κ1) is 44.6. The fourth-order valence-corrected chi connectivity index (χ4v) is 14.9. The van der Waals surface area contributed by atoms with Gasteiger partial charge >= 0.3 is 0 Å². The molecule has 0 amide bonds. The molecule has 0 saturated carbocycles. The van der Waals surface area contributed by atoms with Gasteiger partial charge in [0.15, 0.2) is 0 Å². The molecule has 0 heteroatoms. The Morgan fingerprint density at radius 3 is 2.12 bits per heavy atom. The summed E-state index contributed by atoms with van der Waals surface area (Å²) in [6, 6.07) is 13.2. The summed E-state index contributed by atoms with van der Waals surface area (Å²) in [7, 11) is 0. The molecule has 9 unspecified atom stereocenters. The van der Waals surface area contributed by atoms with E-state index in [-0.39, 0.29) is 5.41 Å². The number of hydrogen-bond acceptors (Lipinski definition) is 0. The first-order valence-corrected chi connectivity index (χ1v) is 26.7. The third-order valence-electron chi connectivity index (χ3n) is 18.7. The first-order chi connectivity index (χ1) is 32.6. The van der Waals surface area contributed by atoms with Crippen LogP contribution in [0.2, 0.25) is 0 Å². The maximum absolute atomic E-state index is 4.34. The van der Waals surface area contributed by atoms with Crippen molar-refractivity contribution < 1.29 is 0 Å². The summed E-state index contributed by atoms with van der Waals surface area (Å²) < 4.78 is 0. The zero-order chi connectivity index (χ0) is 46.0. The van der Waals surface area contributed by atoms with Crippen molar-refractivity contribution in [3.8, 4) is 11.1 Å². The Bertz CT molecular complexity index is 2730. The Labute approximate surface area is 405 Å². The summed E-state index contributed by atoms with van der Waals surface area (Å²) in [5.74, 6) is 4.87. The molecule has 0 bridgehead atoms. The van der Waals surface area contributed by atoms with Crippen LogP contribution in [0.15, 0.2) is 173 Å². The van der Waals surface area contributed by atoms with Crippen LogP contribution in [0.25, 0.3) is 22.3 Å². The molecule has 0 saturated heterocycles. The van der Waals surface area contributed by atoms with Crippen molar-refractivity contribution in [1.29, 1.82) is 0 Å². The molecule has 2 aromatic rings. The highest BCUT2D eigenvalue weighted by Crippen LogP contribution is 2.60. The zero-order valence-corrected chi connectivity index (χ0v) is 41.7. The van der Waals surface area contributed by atoms with Gasteiger partial charge in [0.25, 0.3) is 0 Å². The van der Waals surface area contributed by atoms with Gasteiger partial charge < -0.3 is 0 Å². The minimum absolute atomic E-state index is 0.160. The maximum Gasteiger partial charge on any atom is -0.00491 e. The highest BCUT2D eigenvalue weighted by Gasteiger charge is 2.45.